The van der Waals surface area contributed by atoms with E-state index in [1.54, 1.807) is 42.5 Å². The number of benzene rings is 2. The monoisotopic (exact) mass is 287 g/mol. The Hall–Kier alpha value is -2.00. The molecule has 1 atom stereocenters. The van der Waals surface area contributed by atoms with Crippen molar-refractivity contribution in [3.05, 3.63) is 59.7 Å². The van der Waals surface area contributed by atoms with Crippen LogP contribution in [0.5, 0.6) is 0 Å². The topological polar surface area (TPSA) is 79.8 Å². The van der Waals surface area contributed by atoms with Gasteiger partial charge in [-0.2, -0.15) is 5.26 Å². The first-order valence-corrected chi connectivity index (χ1v) is 6.01. The number of ketones is 1. The normalized spacial score (nSPS) is 11.4. The Morgan fingerprint density at radius 1 is 1.10 bits per heavy atom. The molecule has 0 radical (unpaired) electrons. The number of rotatable bonds is 3. The Kier molecular flexibility index (Phi) is 4.86. The summed E-state index contributed by atoms with van der Waals surface area (Å²) < 4.78 is 4.66. The van der Waals surface area contributed by atoms with E-state index in [0.717, 1.165) is 0 Å². The van der Waals surface area contributed by atoms with Crippen LogP contribution in [0.2, 0.25) is 0 Å². The van der Waals surface area contributed by atoms with Crippen molar-refractivity contribution in [1.29, 1.82) is 5.26 Å². The molecule has 3 aromatic rings. The van der Waals surface area contributed by atoms with Gasteiger partial charge in [-0.15, -0.1) is 0 Å². The molecular formula is C15H10N3NaO2. The maximum atomic E-state index is 12.4. The quantitative estimate of drug-likeness (QED) is 0.544. The van der Waals surface area contributed by atoms with E-state index < -0.39 is 5.92 Å². The fourth-order valence-corrected chi connectivity index (χ4v) is 2.10. The van der Waals surface area contributed by atoms with E-state index in [9.17, 15) is 10.1 Å². The molecule has 0 amide bonds. The van der Waals surface area contributed by atoms with Crippen LogP contribution in [0.3, 0.4) is 0 Å². The van der Waals surface area contributed by atoms with Crippen molar-refractivity contribution >= 4 is 46.4 Å². The molecule has 0 saturated carbocycles. The van der Waals surface area contributed by atoms with Crippen molar-refractivity contribution in [3.63, 3.8) is 0 Å². The molecule has 1 unspecified atom stereocenters. The van der Waals surface area contributed by atoms with E-state index in [0.29, 0.717) is 22.2 Å². The number of aromatic nitrogens is 2. The van der Waals surface area contributed by atoms with E-state index in [4.69, 9.17) is 0 Å². The van der Waals surface area contributed by atoms with E-state index in [2.05, 4.69) is 14.9 Å². The molecule has 98 valence electrons. The van der Waals surface area contributed by atoms with Crippen LogP contribution in [0.15, 0.2) is 53.2 Å². The molecule has 0 aliphatic heterocycles. The van der Waals surface area contributed by atoms with Crippen LogP contribution >= 0.6 is 0 Å². The summed E-state index contributed by atoms with van der Waals surface area (Å²) in [5.74, 6) is -1.18. The number of carbonyl (C=O) groups excluding carboxylic acids is 1. The number of hydrogen-bond acceptors (Lipinski definition) is 5. The Balaban J connectivity index is 0.00000161. The molecule has 0 bridgehead atoms. The molecular weight excluding hydrogens is 277 g/mol. The standard InChI is InChI=1S/C15H9N3O2.Na.H/c16-9-12(15(19)10-5-2-1-3-6-10)11-7-4-8-13-14(11)18-20-17-13;;/h1-8,12H;;. The van der Waals surface area contributed by atoms with Gasteiger partial charge in [0.25, 0.3) is 0 Å². The zero-order chi connectivity index (χ0) is 13.9. The summed E-state index contributed by atoms with van der Waals surface area (Å²) >= 11 is 0. The molecule has 0 fully saturated rings. The second kappa shape index (κ2) is 6.64. The van der Waals surface area contributed by atoms with Gasteiger partial charge in [-0.05, 0) is 16.4 Å². The SMILES string of the molecule is N#CC(C(=O)c1ccccc1)c1cccc2nonc12.[NaH]. The summed E-state index contributed by atoms with van der Waals surface area (Å²) in [6.07, 6.45) is 0. The van der Waals surface area contributed by atoms with Gasteiger partial charge in [0.2, 0.25) is 0 Å². The van der Waals surface area contributed by atoms with Crippen LogP contribution < -0.4 is 0 Å². The number of hydrogen-bond donors (Lipinski definition) is 0. The molecule has 3 rings (SSSR count). The van der Waals surface area contributed by atoms with Crippen LogP contribution in [-0.2, 0) is 0 Å². The predicted molar refractivity (Wildman–Crippen MR) is 78.1 cm³/mol. The van der Waals surface area contributed by atoms with Gasteiger partial charge in [0.15, 0.2) is 5.78 Å². The van der Waals surface area contributed by atoms with Crippen molar-refractivity contribution in [2.24, 2.45) is 0 Å². The van der Waals surface area contributed by atoms with Gasteiger partial charge in [-0.25, -0.2) is 4.63 Å². The number of fused-ring (bicyclic) bond motifs is 1. The van der Waals surface area contributed by atoms with Gasteiger partial charge in [-0.3, -0.25) is 4.79 Å². The van der Waals surface area contributed by atoms with Crippen molar-refractivity contribution in [3.8, 4) is 6.07 Å². The second-order valence-electron chi connectivity index (χ2n) is 4.27. The Bertz CT molecular complexity index is 808. The van der Waals surface area contributed by atoms with Crippen LogP contribution in [-0.4, -0.2) is 45.7 Å². The van der Waals surface area contributed by atoms with Gasteiger partial charge in [0.1, 0.15) is 17.0 Å². The summed E-state index contributed by atoms with van der Waals surface area (Å²) in [7, 11) is 0. The summed E-state index contributed by atoms with van der Waals surface area (Å²) in [4.78, 5) is 12.4. The van der Waals surface area contributed by atoms with E-state index in [1.165, 1.54) is 0 Å². The molecule has 0 spiro atoms. The Morgan fingerprint density at radius 2 is 1.86 bits per heavy atom. The van der Waals surface area contributed by atoms with Gasteiger partial charge < -0.3 is 0 Å². The third-order valence-corrected chi connectivity index (χ3v) is 3.08. The molecule has 1 heterocycles. The molecule has 0 N–H and O–H groups in total. The fraction of sp³-hybridized carbons (Fsp3) is 0.0667. The van der Waals surface area contributed by atoms with Crippen LogP contribution in [0.1, 0.15) is 21.8 Å². The van der Waals surface area contributed by atoms with Crippen molar-refractivity contribution in [2.45, 2.75) is 5.92 Å². The number of nitriles is 1. The average molecular weight is 287 g/mol. The zero-order valence-corrected chi connectivity index (χ0v) is 10.4. The van der Waals surface area contributed by atoms with Crippen LogP contribution in [0.4, 0.5) is 0 Å². The molecule has 21 heavy (non-hydrogen) atoms. The van der Waals surface area contributed by atoms with E-state index >= 15 is 0 Å². The molecule has 6 heteroatoms. The van der Waals surface area contributed by atoms with Crippen molar-refractivity contribution in [2.75, 3.05) is 0 Å². The maximum absolute atomic E-state index is 12.4. The molecule has 0 saturated heterocycles. The fourth-order valence-electron chi connectivity index (χ4n) is 2.10. The van der Waals surface area contributed by atoms with Crippen molar-refractivity contribution in [1.82, 2.24) is 10.3 Å². The third-order valence-electron chi connectivity index (χ3n) is 3.08. The molecule has 0 aliphatic carbocycles. The first kappa shape index (κ1) is 15.4. The Morgan fingerprint density at radius 3 is 2.57 bits per heavy atom. The molecule has 0 aliphatic rings. The van der Waals surface area contributed by atoms with Crippen molar-refractivity contribution < 1.29 is 9.42 Å². The van der Waals surface area contributed by atoms with Gasteiger partial charge in [0, 0.05) is 11.1 Å². The minimum atomic E-state index is -0.923. The van der Waals surface area contributed by atoms with Crippen LogP contribution in [0.25, 0.3) is 11.0 Å². The summed E-state index contributed by atoms with van der Waals surface area (Å²) in [5.41, 5.74) is 1.99. The zero-order valence-electron chi connectivity index (χ0n) is 10.4. The molecule has 2 aromatic carbocycles. The summed E-state index contributed by atoms with van der Waals surface area (Å²) in [6.45, 7) is 0. The molecule has 5 nitrogen and oxygen atoms in total. The van der Waals surface area contributed by atoms with E-state index in [1.807, 2.05) is 12.1 Å². The Labute approximate surface area is 142 Å². The van der Waals surface area contributed by atoms with Gasteiger partial charge in [0.05, 0.1) is 6.07 Å². The average Bonchev–Trinajstić information content (AvgIpc) is 2.98. The minimum absolute atomic E-state index is 0. The number of nitrogens with zero attached hydrogens (tertiary/aromatic N) is 3. The summed E-state index contributed by atoms with van der Waals surface area (Å²) in [6, 6.07) is 15.9. The van der Waals surface area contributed by atoms with E-state index in [-0.39, 0.29) is 35.3 Å². The number of carbonyl (C=O) groups is 1. The van der Waals surface area contributed by atoms with Gasteiger partial charge in [-0.1, -0.05) is 42.5 Å². The third kappa shape index (κ3) is 2.88. The first-order chi connectivity index (χ1) is 9.81. The second-order valence-corrected chi connectivity index (χ2v) is 4.27. The van der Waals surface area contributed by atoms with Crippen LogP contribution in [0, 0.1) is 11.3 Å². The van der Waals surface area contributed by atoms with Gasteiger partial charge >= 0.3 is 29.6 Å². The number of Topliss-reactive ketones (excluding diaryl/α,β-unsaturated/α-hetero) is 1. The molecule has 1 aromatic heterocycles. The first-order valence-electron chi connectivity index (χ1n) is 6.01. The predicted octanol–water partition coefficient (Wildman–Crippen LogP) is 2.06. The summed E-state index contributed by atoms with van der Waals surface area (Å²) in [5, 5.41) is 16.9.